The number of anilines is 1. The molecule has 0 aliphatic rings. The predicted octanol–water partition coefficient (Wildman–Crippen LogP) is 4.50. The quantitative estimate of drug-likeness (QED) is 0.669. The first kappa shape index (κ1) is 13.4. The van der Waals surface area contributed by atoms with Crippen LogP contribution in [0.2, 0.25) is 0 Å². The van der Waals surface area contributed by atoms with Gasteiger partial charge in [0.2, 0.25) is 0 Å². The van der Waals surface area contributed by atoms with Gasteiger partial charge in [0, 0.05) is 28.4 Å². The van der Waals surface area contributed by atoms with Gasteiger partial charge in [-0.3, -0.25) is 4.98 Å². The van der Waals surface area contributed by atoms with Gasteiger partial charge >= 0.3 is 6.18 Å². The Hall–Kier alpha value is -2.56. The van der Waals surface area contributed by atoms with Crippen LogP contribution in [-0.4, -0.2) is 4.98 Å². The Bertz CT molecular complexity index is 805. The lowest BCUT2D eigenvalue weighted by Crippen LogP contribution is -2.09. The van der Waals surface area contributed by atoms with E-state index in [1.165, 1.54) is 12.1 Å². The average molecular weight is 288 g/mol. The molecule has 2 N–H and O–H groups in total. The van der Waals surface area contributed by atoms with Gasteiger partial charge in [0.15, 0.2) is 0 Å². The maximum Gasteiger partial charge on any atom is 0.417 e. The largest absolute Gasteiger partial charge is 0.417 e. The number of nitrogen functional groups attached to an aromatic ring is 1. The molecule has 0 fully saturated rings. The molecule has 21 heavy (non-hydrogen) atoms. The van der Waals surface area contributed by atoms with Gasteiger partial charge in [-0.15, -0.1) is 0 Å². The molecule has 0 aliphatic heterocycles. The van der Waals surface area contributed by atoms with E-state index < -0.39 is 11.7 Å². The number of hydrogen-bond acceptors (Lipinski definition) is 2. The fourth-order valence-electron chi connectivity index (χ4n) is 2.41. The Morgan fingerprint density at radius 2 is 1.62 bits per heavy atom. The van der Waals surface area contributed by atoms with E-state index in [-0.39, 0.29) is 11.3 Å². The van der Waals surface area contributed by atoms with Gasteiger partial charge in [0.25, 0.3) is 0 Å². The van der Waals surface area contributed by atoms with Gasteiger partial charge in [-0.2, -0.15) is 13.2 Å². The Morgan fingerprint density at radius 1 is 0.905 bits per heavy atom. The summed E-state index contributed by atoms with van der Waals surface area (Å²) in [5.74, 6) is 0. The molecule has 0 bridgehead atoms. The molecule has 0 saturated carbocycles. The first-order valence-corrected chi connectivity index (χ1v) is 6.28. The maximum absolute atomic E-state index is 13.2. The second-order valence-electron chi connectivity index (χ2n) is 4.65. The zero-order chi connectivity index (χ0) is 15.0. The van der Waals surface area contributed by atoms with E-state index >= 15 is 0 Å². The van der Waals surface area contributed by atoms with Crippen LogP contribution in [0.25, 0.3) is 22.0 Å². The van der Waals surface area contributed by atoms with Crippen LogP contribution in [0.4, 0.5) is 18.9 Å². The molecular formula is C16H11F3N2. The summed E-state index contributed by atoms with van der Waals surface area (Å²) in [5.41, 5.74) is 6.02. The van der Waals surface area contributed by atoms with E-state index in [1.54, 1.807) is 36.5 Å². The van der Waals surface area contributed by atoms with Crippen molar-refractivity contribution < 1.29 is 13.2 Å². The first-order valence-electron chi connectivity index (χ1n) is 6.28. The number of alkyl halides is 3. The van der Waals surface area contributed by atoms with Crippen molar-refractivity contribution in [1.29, 1.82) is 0 Å². The normalized spacial score (nSPS) is 11.8. The Balaban J connectivity index is 2.39. The Labute approximate surface area is 119 Å². The summed E-state index contributed by atoms with van der Waals surface area (Å²) >= 11 is 0. The van der Waals surface area contributed by atoms with Gasteiger partial charge in [0.1, 0.15) is 0 Å². The molecule has 0 atom stereocenters. The molecule has 3 aromatic rings. The highest BCUT2D eigenvalue weighted by atomic mass is 19.4. The third-order valence-electron chi connectivity index (χ3n) is 3.30. The van der Waals surface area contributed by atoms with E-state index in [4.69, 9.17) is 5.73 Å². The third-order valence-corrected chi connectivity index (χ3v) is 3.30. The number of aromatic nitrogens is 1. The summed E-state index contributed by atoms with van der Waals surface area (Å²) in [6.45, 7) is 0. The lowest BCUT2D eigenvalue weighted by atomic mass is 9.95. The standard InChI is InChI=1S/C16H11F3N2/c17-16(18,19)12-7-2-8-13(20)14(12)11-6-1-4-10-5-3-9-21-15(10)11/h1-9H,20H2. The highest BCUT2D eigenvalue weighted by Crippen LogP contribution is 2.41. The number of nitrogens with zero attached hydrogens (tertiary/aromatic N) is 1. The highest BCUT2D eigenvalue weighted by Gasteiger charge is 2.34. The molecule has 0 spiro atoms. The van der Waals surface area contributed by atoms with E-state index in [1.807, 2.05) is 0 Å². The van der Waals surface area contributed by atoms with E-state index in [0.29, 0.717) is 11.1 Å². The van der Waals surface area contributed by atoms with E-state index in [9.17, 15) is 13.2 Å². The van der Waals surface area contributed by atoms with Gasteiger partial charge in [0.05, 0.1) is 11.1 Å². The molecule has 3 rings (SSSR count). The van der Waals surface area contributed by atoms with Crippen molar-refractivity contribution >= 4 is 16.6 Å². The summed E-state index contributed by atoms with van der Waals surface area (Å²) in [6.07, 6.45) is -2.92. The molecule has 0 radical (unpaired) electrons. The first-order chi connectivity index (χ1) is 9.98. The molecular weight excluding hydrogens is 277 g/mol. The molecule has 1 heterocycles. The lowest BCUT2D eigenvalue weighted by Gasteiger charge is -2.16. The van der Waals surface area contributed by atoms with Crippen LogP contribution in [0, 0.1) is 0 Å². The number of pyridine rings is 1. The van der Waals surface area contributed by atoms with Crippen molar-refractivity contribution in [2.45, 2.75) is 6.18 Å². The minimum Gasteiger partial charge on any atom is -0.398 e. The fraction of sp³-hybridized carbons (Fsp3) is 0.0625. The second kappa shape index (κ2) is 4.77. The average Bonchev–Trinajstić information content (AvgIpc) is 2.46. The summed E-state index contributed by atoms with van der Waals surface area (Å²) in [5, 5.41) is 0.770. The molecule has 0 aliphatic carbocycles. The van der Waals surface area contributed by atoms with Crippen LogP contribution in [0.5, 0.6) is 0 Å². The molecule has 0 amide bonds. The number of benzene rings is 2. The Morgan fingerprint density at radius 3 is 2.38 bits per heavy atom. The van der Waals surface area contributed by atoms with E-state index in [0.717, 1.165) is 11.5 Å². The minimum absolute atomic E-state index is 0.0192. The Kier molecular flexibility index (Phi) is 3.05. The van der Waals surface area contributed by atoms with Crippen molar-refractivity contribution in [2.24, 2.45) is 0 Å². The number of rotatable bonds is 1. The van der Waals surface area contributed by atoms with Crippen LogP contribution in [0.1, 0.15) is 5.56 Å². The van der Waals surface area contributed by atoms with Gasteiger partial charge in [-0.25, -0.2) is 0 Å². The van der Waals surface area contributed by atoms with Gasteiger partial charge < -0.3 is 5.73 Å². The van der Waals surface area contributed by atoms with Crippen LogP contribution >= 0.6 is 0 Å². The summed E-state index contributed by atoms with van der Waals surface area (Å²) in [4.78, 5) is 4.20. The number of halogens is 3. The smallest absolute Gasteiger partial charge is 0.398 e. The fourth-order valence-corrected chi connectivity index (χ4v) is 2.41. The summed E-state index contributed by atoms with van der Waals surface area (Å²) < 4.78 is 39.7. The molecule has 1 aromatic heterocycles. The molecule has 2 nitrogen and oxygen atoms in total. The monoisotopic (exact) mass is 288 g/mol. The second-order valence-corrected chi connectivity index (χ2v) is 4.65. The summed E-state index contributed by atoms with van der Waals surface area (Å²) in [7, 11) is 0. The predicted molar refractivity (Wildman–Crippen MR) is 76.6 cm³/mol. The molecule has 106 valence electrons. The number of para-hydroxylation sites is 1. The number of nitrogens with two attached hydrogens (primary N) is 1. The third kappa shape index (κ3) is 2.31. The molecule has 5 heteroatoms. The topological polar surface area (TPSA) is 38.9 Å². The van der Waals surface area contributed by atoms with Crippen molar-refractivity contribution in [1.82, 2.24) is 4.98 Å². The van der Waals surface area contributed by atoms with Crippen molar-refractivity contribution in [2.75, 3.05) is 5.73 Å². The number of fused-ring (bicyclic) bond motifs is 1. The van der Waals surface area contributed by atoms with Crippen molar-refractivity contribution in [3.63, 3.8) is 0 Å². The molecule has 0 saturated heterocycles. The molecule has 2 aromatic carbocycles. The van der Waals surface area contributed by atoms with Crippen molar-refractivity contribution in [3.8, 4) is 11.1 Å². The van der Waals surface area contributed by atoms with E-state index in [2.05, 4.69) is 4.98 Å². The van der Waals surface area contributed by atoms with Crippen molar-refractivity contribution in [3.05, 3.63) is 60.3 Å². The van der Waals surface area contributed by atoms with Crippen LogP contribution in [-0.2, 0) is 6.18 Å². The number of hydrogen-bond donors (Lipinski definition) is 1. The van der Waals surface area contributed by atoms with Gasteiger partial charge in [-0.05, 0) is 18.2 Å². The van der Waals surface area contributed by atoms with Crippen LogP contribution < -0.4 is 5.73 Å². The zero-order valence-electron chi connectivity index (χ0n) is 10.9. The van der Waals surface area contributed by atoms with Crippen LogP contribution in [0.3, 0.4) is 0 Å². The van der Waals surface area contributed by atoms with Gasteiger partial charge in [-0.1, -0.05) is 30.3 Å². The summed E-state index contributed by atoms with van der Waals surface area (Å²) in [6, 6.07) is 12.5. The highest BCUT2D eigenvalue weighted by molar-refractivity contribution is 5.97. The molecule has 0 unspecified atom stereocenters. The zero-order valence-corrected chi connectivity index (χ0v) is 10.9. The SMILES string of the molecule is Nc1cccc(C(F)(F)F)c1-c1cccc2cccnc12. The van der Waals surface area contributed by atoms with Crippen LogP contribution in [0.15, 0.2) is 54.7 Å². The maximum atomic E-state index is 13.2. The minimum atomic E-state index is -4.47. The lowest BCUT2D eigenvalue weighted by molar-refractivity contribution is -0.137.